The van der Waals surface area contributed by atoms with Crippen LogP contribution in [0.5, 0.6) is 0 Å². The van der Waals surface area contributed by atoms with E-state index in [4.69, 9.17) is 5.11 Å². The van der Waals surface area contributed by atoms with Crippen LogP contribution in [0.2, 0.25) is 0 Å². The summed E-state index contributed by atoms with van der Waals surface area (Å²) in [4.78, 5) is 13.6. The fourth-order valence-electron chi connectivity index (χ4n) is 3.04. The maximum atomic E-state index is 11.0. The lowest BCUT2D eigenvalue weighted by molar-refractivity contribution is 0.0696. The summed E-state index contributed by atoms with van der Waals surface area (Å²) in [7, 11) is 0. The lowest BCUT2D eigenvalue weighted by Gasteiger charge is -2.30. The molecule has 0 aliphatic carbocycles. The summed E-state index contributed by atoms with van der Waals surface area (Å²) in [6, 6.07) is 7.17. The average molecular weight is 318 g/mol. The molecular formula is C19H30N2O2. The second-order valence-corrected chi connectivity index (χ2v) is 7.25. The minimum absolute atomic E-state index is 0.0472. The van der Waals surface area contributed by atoms with E-state index in [1.807, 2.05) is 12.1 Å². The molecule has 1 aliphatic rings. The number of carbonyl (C=O) groups is 1. The van der Waals surface area contributed by atoms with E-state index >= 15 is 0 Å². The molecule has 2 rings (SSSR count). The van der Waals surface area contributed by atoms with E-state index < -0.39 is 5.97 Å². The Labute approximate surface area is 139 Å². The van der Waals surface area contributed by atoms with Crippen molar-refractivity contribution >= 4 is 5.97 Å². The maximum absolute atomic E-state index is 11.0. The van der Waals surface area contributed by atoms with E-state index in [1.165, 1.54) is 38.8 Å². The number of hydrogen-bond donors (Lipinski definition) is 2. The van der Waals surface area contributed by atoms with Gasteiger partial charge < -0.3 is 15.3 Å². The van der Waals surface area contributed by atoms with Crippen LogP contribution in [0, 0.1) is 0 Å². The fourth-order valence-corrected chi connectivity index (χ4v) is 3.04. The van der Waals surface area contributed by atoms with Crippen molar-refractivity contribution in [1.82, 2.24) is 10.2 Å². The zero-order valence-corrected chi connectivity index (χ0v) is 14.5. The predicted molar refractivity (Wildman–Crippen MR) is 93.8 cm³/mol. The smallest absolute Gasteiger partial charge is 0.335 e. The molecule has 4 heteroatoms. The minimum Gasteiger partial charge on any atom is -0.478 e. The quantitative estimate of drug-likeness (QED) is 0.807. The Morgan fingerprint density at radius 2 is 1.91 bits per heavy atom. The molecule has 4 nitrogen and oxygen atoms in total. The van der Waals surface area contributed by atoms with Crippen LogP contribution in [0.1, 0.15) is 61.9 Å². The van der Waals surface area contributed by atoms with Gasteiger partial charge in [0, 0.05) is 12.1 Å². The highest BCUT2D eigenvalue weighted by molar-refractivity contribution is 5.87. The predicted octanol–water partition coefficient (Wildman–Crippen LogP) is 3.52. The first kappa shape index (κ1) is 18.0. The number of rotatable bonds is 7. The topological polar surface area (TPSA) is 52.6 Å². The Morgan fingerprint density at radius 3 is 2.57 bits per heavy atom. The molecule has 1 aromatic carbocycles. The normalized spacial score (nSPS) is 17.0. The SMILES string of the molecule is CC(C)(CCN1CCCCCC1)NCc1cccc(C(=O)O)c1. The van der Waals surface area contributed by atoms with Gasteiger partial charge in [0.25, 0.3) is 0 Å². The third kappa shape index (κ3) is 6.32. The second kappa shape index (κ2) is 8.46. The number of aromatic carboxylic acids is 1. The van der Waals surface area contributed by atoms with Gasteiger partial charge in [0.05, 0.1) is 5.56 Å². The number of carboxylic acid groups (broad SMARTS) is 1. The number of benzene rings is 1. The molecule has 0 aromatic heterocycles. The molecule has 0 atom stereocenters. The Balaban J connectivity index is 1.80. The molecule has 1 saturated heterocycles. The number of hydrogen-bond acceptors (Lipinski definition) is 3. The second-order valence-electron chi connectivity index (χ2n) is 7.25. The van der Waals surface area contributed by atoms with Gasteiger partial charge in [-0.1, -0.05) is 25.0 Å². The molecule has 0 bridgehead atoms. The van der Waals surface area contributed by atoms with Gasteiger partial charge in [-0.25, -0.2) is 4.79 Å². The van der Waals surface area contributed by atoms with Crippen molar-refractivity contribution in [3.05, 3.63) is 35.4 Å². The lowest BCUT2D eigenvalue weighted by atomic mass is 9.99. The van der Waals surface area contributed by atoms with Crippen LogP contribution in [0.15, 0.2) is 24.3 Å². The standard InChI is InChI=1S/C19H30N2O2/c1-19(2,10-13-21-11-5-3-4-6-12-21)20-15-16-8-7-9-17(14-16)18(22)23/h7-9,14,20H,3-6,10-13,15H2,1-2H3,(H,22,23). The number of likely N-dealkylation sites (tertiary alicyclic amines) is 1. The summed E-state index contributed by atoms with van der Waals surface area (Å²) < 4.78 is 0. The largest absolute Gasteiger partial charge is 0.478 e. The van der Waals surface area contributed by atoms with E-state index in [2.05, 4.69) is 24.1 Å². The molecule has 0 amide bonds. The fraction of sp³-hybridized carbons (Fsp3) is 0.632. The molecular weight excluding hydrogens is 288 g/mol. The lowest BCUT2D eigenvalue weighted by Crippen LogP contribution is -2.42. The van der Waals surface area contributed by atoms with E-state index in [9.17, 15) is 4.79 Å². The molecule has 1 heterocycles. The van der Waals surface area contributed by atoms with Gasteiger partial charge in [0.15, 0.2) is 0 Å². The Kier molecular flexibility index (Phi) is 6.60. The molecule has 2 N–H and O–H groups in total. The summed E-state index contributed by atoms with van der Waals surface area (Å²) in [6.07, 6.45) is 6.51. The van der Waals surface area contributed by atoms with Crippen molar-refractivity contribution in [3.8, 4) is 0 Å². The molecule has 0 unspecified atom stereocenters. The van der Waals surface area contributed by atoms with Crippen molar-refractivity contribution in [3.63, 3.8) is 0 Å². The van der Waals surface area contributed by atoms with Crippen LogP contribution in [-0.2, 0) is 6.54 Å². The summed E-state index contributed by atoms with van der Waals surface area (Å²) in [6.45, 7) is 8.76. The number of nitrogens with zero attached hydrogens (tertiary/aromatic N) is 1. The van der Waals surface area contributed by atoms with Crippen LogP contribution < -0.4 is 5.32 Å². The van der Waals surface area contributed by atoms with Gasteiger partial charge in [0.1, 0.15) is 0 Å². The van der Waals surface area contributed by atoms with E-state index in [-0.39, 0.29) is 5.54 Å². The third-order valence-electron chi connectivity index (χ3n) is 4.70. The molecule has 1 aliphatic heterocycles. The first-order valence-electron chi connectivity index (χ1n) is 8.76. The minimum atomic E-state index is -0.868. The zero-order chi connectivity index (χ0) is 16.7. The summed E-state index contributed by atoms with van der Waals surface area (Å²) in [5, 5.41) is 12.6. The van der Waals surface area contributed by atoms with Gasteiger partial charge in [-0.15, -0.1) is 0 Å². The van der Waals surface area contributed by atoms with Gasteiger partial charge in [0.2, 0.25) is 0 Å². The van der Waals surface area contributed by atoms with Crippen molar-refractivity contribution in [1.29, 1.82) is 0 Å². The molecule has 1 fully saturated rings. The van der Waals surface area contributed by atoms with E-state index in [1.54, 1.807) is 12.1 Å². The monoisotopic (exact) mass is 318 g/mol. The molecule has 23 heavy (non-hydrogen) atoms. The van der Waals surface area contributed by atoms with Crippen LogP contribution in [0.3, 0.4) is 0 Å². The van der Waals surface area contributed by atoms with Gasteiger partial charge in [-0.2, -0.15) is 0 Å². The van der Waals surface area contributed by atoms with Crippen LogP contribution in [0.25, 0.3) is 0 Å². The highest BCUT2D eigenvalue weighted by Gasteiger charge is 2.19. The van der Waals surface area contributed by atoms with Crippen LogP contribution >= 0.6 is 0 Å². The third-order valence-corrected chi connectivity index (χ3v) is 4.70. The molecule has 0 spiro atoms. The van der Waals surface area contributed by atoms with E-state index in [0.29, 0.717) is 12.1 Å². The van der Waals surface area contributed by atoms with Crippen molar-refractivity contribution < 1.29 is 9.90 Å². The van der Waals surface area contributed by atoms with Gasteiger partial charge >= 0.3 is 5.97 Å². The van der Waals surface area contributed by atoms with Crippen LogP contribution in [-0.4, -0.2) is 41.1 Å². The first-order chi connectivity index (χ1) is 11.0. The summed E-state index contributed by atoms with van der Waals surface area (Å²) in [5.41, 5.74) is 1.42. The molecule has 0 saturated carbocycles. The molecule has 128 valence electrons. The summed E-state index contributed by atoms with van der Waals surface area (Å²) >= 11 is 0. The summed E-state index contributed by atoms with van der Waals surface area (Å²) in [5.74, 6) is -0.868. The Morgan fingerprint density at radius 1 is 1.22 bits per heavy atom. The first-order valence-corrected chi connectivity index (χ1v) is 8.76. The van der Waals surface area contributed by atoms with Crippen molar-refractivity contribution in [2.75, 3.05) is 19.6 Å². The van der Waals surface area contributed by atoms with Crippen molar-refractivity contribution in [2.45, 2.75) is 58.0 Å². The average Bonchev–Trinajstić information content (AvgIpc) is 2.80. The van der Waals surface area contributed by atoms with Gasteiger partial charge in [-0.05, 0) is 70.4 Å². The van der Waals surface area contributed by atoms with E-state index in [0.717, 1.165) is 18.5 Å². The Hall–Kier alpha value is -1.39. The van der Waals surface area contributed by atoms with Crippen molar-refractivity contribution in [2.24, 2.45) is 0 Å². The highest BCUT2D eigenvalue weighted by Crippen LogP contribution is 2.15. The molecule has 1 aromatic rings. The maximum Gasteiger partial charge on any atom is 0.335 e. The highest BCUT2D eigenvalue weighted by atomic mass is 16.4. The van der Waals surface area contributed by atoms with Gasteiger partial charge in [-0.3, -0.25) is 0 Å². The Bertz CT molecular complexity index is 506. The zero-order valence-electron chi connectivity index (χ0n) is 14.5. The number of nitrogens with one attached hydrogen (secondary N) is 1. The molecule has 0 radical (unpaired) electrons. The number of carboxylic acids is 1. The van der Waals surface area contributed by atoms with Crippen LogP contribution in [0.4, 0.5) is 0 Å².